The summed E-state index contributed by atoms with van der Waals surface area (Å²) < 4.78 is 6.69. The highest BCUT2D eigenvalue weighted by atomic mass is 79.9. The number of nitrogens with two attached hydrogens (primary N) is 1. The molecule has 0 aliphatic heterocycles. The van der Waals surface area contributed by atoms with Crippen molar-refractivity contribution in [2.75, 3.05) is 6.61 Å². The van der Waals surface area contributed by atoms with Gasteiger partial charge in [-0.15, -0.1) is 0 Å². The van der Waals surface area contributed by atoms with Crippen molar-refractivity contribution in [1.29, 1.82) is 0 Å². The first-order valence-corrected chi connectivity index (χ1v) is 6.72. The van der Waals surface area contributed by atoms with Crippen LogP contribution in [0.5, 0.6) is 5.75 Å². The van der Waals surface area contributed by atoms with E-state index in [2.05, 4.69) is 36.7 Å². The summed E-state index contributed by atoms with van der Waals surface area (Å²) in [6.07, 6.45) is 0.986. The van der Waals surface area contributed by atoms with Gasteiger partial charge < -0.3 is 10.5 Å². The minimum atomic E-state index is 0.263. The maximum Gasteiger partial charge on any atom is 0.129 e. The van der Waals surface area contributed by atoms with Crippen molar-refractivity contribution < 1.29 is 4.74 Å². The molecule has 1 rings (SSSR count). The van der Waals surface area contributed by atoms with E-state index in [4.69, 9.17) is 22.7 Å². The summed E-state index contributed by atoms with van der Waals surface area (Å²) in [7, 11) is 0. The Morgan fingerprint density at radius 3 is 2.59 bits per heavy atom. The molecule has 0 saturated heterocycles. The number of hydrogen-bond acceptors (Lipinski definition) is 2. The summed E-state index contributed by atoms with van der Waals surface area (Å²) in [5.74, 6) is 0.755. The first kappa shape index (κ1) is 14.5. The monoisotopic (exact) mass is 315 g/mol. The summed E-state index contributed by atoms with van der Waals surface area (Å²) in [5.41, 5.74) is 6.72. The molecule has 0 spiro atoms. The molecule has 0 amide bonds. The molecule has 0 fully saturated rings. The summed E-state index contributed by atoms with van der Waals surface area (Å²) in [5, 5.41) is 0. The minimum absolute atomic E-state index is 0.263. The van der Waals surface area contributed by atoms with Gasteiger partial charge in [0.05, 0.1) is 12.2 Å². The number of ether oxygens (including phenoxy) is 1. The molecule has 0 aromatic heterocycles. The molecule has 0 aliphatic rings. The molecule has 0 heterocycles. The Morgan fingerprint density at radius 1 is 1.41 bits per heavy atom. The molecule has 0 atom stereocenters. The van der Waals surface area contributed by atoms with E-state index in [1.165, 1.54) is 0 Å². The maximum absolute atomic E-state index is 5.74. The normalized spacial score (nSPS) is 11.3. The lowest BCUT2D eigenvalue weighted by Gasteiger charge is -2.19. The van der Waals surface area contributed by atoms with Gasteiger partial charge in [0.15, 0.2) is 0 Å². The van der Waals surface area contributed by atoms with Crippen molar-refractivity contribution in [2.24, 2.45) is 11.1 Å². The van der Waals surface area contributed by atoms with Crippen molar-refractivity contribution in [1.82, 2.24) is 0 Å². The fourth-order valence-electron chi connectivity index (χ4n) is 1.29. The van der Waals surface area contributed by atoms with E-state index in [1.807, 2.05) is 18.2 Å². The van der Waals surface area contributed by atoms with Crippen molar-refractivity contribution in [2.45, 2.75) is 27.2 Å². The van der Waals surface area contributed by atoms with Gasteiger partial charge in [0, 0.05) is 4.47 Å². The molecule has 0 radical (unpaired) electrons. The average molecular weight is 316 g/mol. The van der Waals surface area contributed by atoms with Crippen LogP contribution in [-0.2, 0) is 0 Å². The zero-order valence-corrected chi connectivity index (χ0v) is 12.8. The molecule has 17 heavy (non-hydrogen) atoms. The van der Waals surface area contributed by atoms with E-state index >= 15 is 0 Å². The molecule has 0 saturated carbocycles. The molecule has 2 nitrogen and oxygen atoms in total. The van der Waals surface area contributed by atoms with Crippen LogP contribution in [0.1, 0.15) is 32.8 Å². The van der Waals surface area contributed by atoms with Gasteiger partial charge in [-0.2, -0.15) is 0 Å². The lowest BCUT2D eigenvalue weighted by molar-refractivity contribution is 0.242. The molecular weight excluding hydrogens is 298 g/mol. The van der Waals surface area contributed by atoms with Crippen LogP contribution in [0, 0.1) is 5.41 Å². The Labute approximate surface area is 117 Å². The molecule has 1 aromatic carbocycles. The van der Waals surface area contributed by atoms with Crippen LogP contribution in [0.3, 0.4) is 0 Å². The van der Waals surface area contributed by atoms with Crippen LogP contribution < -0.4 is 10.5 Å². The number of rotatable bonds is 4. The van der Waals surface area contributed by atoms with Crippen molar-refractivity contribution >= 4 is 33.1 Å². The second-order valence-corrected chi connectivity index (χ2v) is 6.52. The smallest absolute Gasteiger partial charge is 0.129 e. The average Bonchev–Trinajstić information content (AvgIpc) is 2.18. The van der Waals surface area contributed by atoms with Crippen LogP contribution in [0.2, 0.25) is 0 Å². The summed E-state index contributed by atoms with van der Waals surface area (Å²) >= 11 is 8.40. The Morgan fingerprint density at radius 2 is 2.06 bits per heavy atom. The van der Waals surface area contributed by atoms with Crippen molar-refractivity contribution in [3.05, 3.63) is 28.2 Å². The van der Waals surface area contributed by atoms with Crippen LogP contribution in [-0.4, -0.2) is 11.6 Å². The van der Waals surface area contributed by atoms with E-state index in [0.29, 0.717) is 11.6 Å². The van der Waals surface area contributed by atoms with Crippen LogP contribution in [0.15, 0.2) is 22.7 Å². The highest BCUT2D eigenvalue weighted by Crippen LogP contribution is 2.25. The third-order valence-corrected chi connectivity index (χ3v) is 3.03. The number of benzene rings is 1. The van der Waals surface area contributed by atoms with Crippen LogP contribution >= 0.6 is 28.1 Å². The first-order valence-electron chi connectivity index (χ1n) is 5.52. The maximum atomic E-state index is 5.74. The quantitative estimate of drug-likeness (QED) is 0.856. The highest BCUT2D eigenvalue weighted by Gasteiger charge is 2.12. The van der Waals surface area contributed by atoms with E-state index < -0.39 is 0 Å². The van der Waals surface area contributed by atoms with Gasteiger partial charge in [-0.3, -0.25) is 0 Å². The molecule has 1 aromatic rings. The molecule has 94 valence electrons. The van der Waals surface area contributed by atoms with E-state index in [-0.39, 0.29) is 5.41 Å². The van der Waals surface area contributed by atoms with Crippen LogP contribution in [0.25, 0.3) is 0 Å². The second kappa shape index (κ2) is 5.83. The van der Waals surface area contributed by atoms with Crippen molar-refractivity contribution in [3.8, 4) is 5.75 Å². The topological polar surface area (TPSA) is 35.2 Å². The SMILES string of the molecule is CC(C)(C)CCOc1ccc(Br)cc1C(N)=S. The Bertz CT molecular complexity index is 412. The molecule has 0 bridgehead atoms. The lowest BCUT2D eigenvalue weighted by atomic mass is 9.93. The van der Waals surface area contributed by atoms with Gasteiger partial charge in [-0.05, 0) is 30.0 Å². The van der Waals surface area contributed by atoms with Gasteiger partial charge >= 0.3 is 0 Å². The van der Waals surface area contributed by atoms with Gasteiger partial charge in [0.1, 0.15) is 10.7 Å². The summed E-state index contributed by atoms with van der Waals surface area (Å²) in [6, 6.07) is 5.70. The molecule has 4 heteroatoms. The Hall–Kier alpha value is -0.610. The van der Waals surface area contributed by atoms with Gasteiger partial charge in [0.2, 0.25) is 0 Å². The molecule has 2 N–H and O–H groups in total. The predicted octanol–water partition coefficient (Wildman–Crippen LogP) is 3.90. The fourth-order valence-corrected chi connectivity index (χ4v) is 1.81. The number of hydrogen-bond donors (Lipinski definition) is 1. The highest BCUT2D eigenvalue weighted by molar-refractivity contribution is 9.10. The number of halogens is 1. The Kier molecular flexibility index (Phi) is 4.95. The second-order valence-electron chi connectivity index (χ2n) is 5.16. The first-order chi connectivity index (χ1) is 7.79. The lowest BCUT2D eigenvalue weighted by Crippen LogP contribution is -2.15. The van der Waals surface area contributed by atoms with E-state index in [0.717, 1.165) is 22.2 Å². The molecule has 0 aliphatic carbocycles. The van der Waals surface area contributed by atoms with Gasteiger partial charge in [0.25, 0.3) is 0 Å². The molecular formula is C13H18BrNOS. The predicted molar refractivity (Wildman–Crippen MR) is 79.6 cm³/mol. The standard InChI is InChI=1S/C13H18BrNOS/c1-13(2,3)6-7-16-11-5-4-9(14)8-10(11)12(15)17/h4-5,8H,6-7H2,1-3H3,(H2,15,17). The number of thiocarbonyl (C=S) groups is 1. The largest absolute Gasteiger partial charge is 0.493 e. The zero-order chi connectivity index (χ0) is 13.1. The van der Waals surface area contributed by atoms with Crippen LogP contribution in [0.4, 0.5) is 0 Å². The van der Waals surface area contributed by atoms with Crippen molar-refractivity contribution in [3.63, 3.8) is 0 Å². The van der Waals surface area contributed by atoms with E-state index in [1.54, 1.807) is 0 Å². The Balaban J connectivity index is 2.74. The summed E-state index contributed by atoms with van der Waals surface area (Å²) in [4.78, 5) is 0.358. The molecule has 0 unspecified atom stereocenters. The van der Waals surface area contributed by atoms with Gasteiger partial charge in [-0.1, -0.05) is 48.9 Å². The third-order valence-electron chi connectivity index (χ3n) is 2.32. The minimum Gasteiger partial charge on any atom is -0.493 e. The zero-order valence-electron chi connectivity index (χ0n) is 10.4. The fraction of sp³-hybridized carbons (Fsp3) is 0.462. The van der Waals surface area contributed by atoms with E-state index in [9.17, 15) is 0 Å². The van der Waals surface area contributed by atoms with Gasteiger partial charge in [-0.25, -0.2) is 0 Å². The summed E-state index contributed by atoms with van der Waals surface area (Å²) in [6.45, 7) is 7.23. The third kappa shape index (κ3) is 5.04.